The standard InChI is InChI=1S/C28H32ClFN4O2/c29-25-15-22(6-7-26(25)30)32-27(36)34(12-11-33-10-2-5-24(33)18-35)23-8-9-28(16-21(28)14-23)20-4-1-3-19(13-20)17-31/h1,3-4,6-7,13,15,21,23-24,35H,2,5,8-12,14,16,18H2,(H,32,36)/t21?,23-,24-,28+/m1/s1. The van der Waals surface area contributed by atoms with Crippen molar-refractivity contribution in [3.63, 3.8) is 0 Å². The topological polar surface area (TPSA) is 79.6 Å². The highest BCUT2D eigenvalue weighted by Gasteiger charge is 2.58. The van der Waals surface area contributed by atoms with Gasteiger partial charge in [-0.15, -0.1) is 0 Å². The Hall–Kier alpha value is -2.66. The van der Waals surface area contributed by atoms with Crippen LogP contribution in [-0.4, -0.2) is 59.3 Å². The van der Waals surface area contributed by atoms with Crippen LogP contribution in [-0.2, 0) is 5.41 Å². The van der Waals surface area contributed by atoms with E-state index in [4.69, 9.17) is 11.6 Å². The largest absolute Gasteiger partial charge is 0.395 e. The normalized spacial score (nSPS) is 27.2. The molecule has 6 nitrogen and oxygen atoms in total. The minimum absolute atomic E-state index is 0.0257. The summed E-state index contributed by atoms with van der Waals surface area (Å²) in [4.78, 5) is 17.7. The van der Waals surface area contributed by atoms with Crippen molar-refractivity contribution in [3.8, 4) is 6.07 Å². The second-order valence-electron chi connectivity index (χ2n) is 10.4. The fraction of sp³-hybridized carbons (Fsp3) is 0.500. The second kappa shape index (κ2) is 10.4. The average Bonchev–Trinajstić information content (AvgIpc) is 3.46. The Labute approximate surface area is 216 Å². The van der Waals surface area contributed by atoms with E-state index in [2.05, 4.69) is 22.4 Å². The van der Waals surface area contributed by atoms with E-state index in [9.17, 15) is 19.6 Å². The second-order valence-corrected chi connectivity index (χ2v) is 10.9. The highest BCUT2D eigenvalue weighted by atomic mass is 35.5. The number of anilines is 1. The first-order valence-electron chi connectivity index (χ1n) is 12.8. The zero-order valence-electron chi connectivity index (χ0n) is 20.3. The molecule has 5 rings (SSSR count). The number of hydrogen-bond acceptors (Lipinski definition) is 4. The number of nitrogens with zero attached hydrogens (tertiary/aromatic N) is 3. The van der Waals surface area contributed by atoms with Crippen LogP contribution in [0.25, 0.3) is 0 Å². The quantitative estimate of drug-likeness (QED) is 0.539. The highest BCUT2D eigenvalue weighted by Crippen LogP contribution is 2.62. The molecule has 3 aliphatic rings. The van der Waals surface area contributed by atoms with Gasteiger partial charge in [-0.3, -0.25) is 4.90 Å². The lowest BCUT2D eigenvalue weighted by molar-refractivity contribution is 0.123. The van der Waals surface area contributed by atoms with Gasteiger partial charge in [-0.2, -0.15) is 5.26 Å². The number of aliphatic hydroxyl groups is 1. The minimum Gasteiger partial charge on any atom is -0.395 e. The SMILES string of the molecule is N#Cc1cccc([C@@]23CC[C@@H](N(CCN4CCC[C@@H]4CO)C(=O)Nc4ccc(F)c(Cl)c4)CC2C3)c1. The third-order valence-electron chi connectivity index (χ3n) is 8.49. The van der Waals surface area contributed by atoms with Gasteiger partial charge in [-0.1, -0.05) is 23.7 Å². The van der Waals surface area contributed by atoms with E-state index >= 15 is 0 Å². The summed E-state index contributed by atoms with van der Waals surface area (Å²) < 4.78 is 13.6. The molecule has 4 atom stereocenters. The Morgan fingerprint density at radius 2 is 2.17 bits per heavy atom. The molecule has 1 aliphatic heterocycles. The summed E-state index contributed by atoms with van der Waals surface area (Å²) in [5.41, 5.74) is 2.52. The molecule has 2 aromatic rings. The number of aliphatic hydroxyl groups excluding tert-OH is 1. The van der Waals surface area contributed by atoms with E-state index in [1.807, 2.05) is 23.1 Å². The molecule has 1 unspecified atom stereocenters. The molecule has 8 heteroatoms. The van der Waals surface area contributed by atoms with E-state index in [0.29, 0.717) is 30.3 Å². The maximum atomic E-state index is 13.6. The van der Waals surface area contributed by atoms with Crippen LogP contribution in [0.2, 0.25) is 5.02 Å². The number of amides is 2. The van der Waals surface area contributed by atoms with Crippen molar-refractivity contribution in [3.05, 3.63) is 64.4 Å². The summed E-state index contributed by atoms with van der Waals surface area (Å²) in [6.07, 6.45) is 5.90. The van der Waals surface area contributed by atoms with E-state index < -0.39 is 5.82 Å². The number of urea groups is 1. The molecule has 3 fully saturated rings. The van der Waals surface area contributed by atoms with Gasteiger partial charge in [0.05, 0.1) is 23.3 Å². The first-order valence-corrected chi connectivity index (χ1v) is 13.2. The maximum absolute atomic E-state index is 13.6. The lowest BCUT2D eigenvalue weighted by Gasteiger charge is -2.38. The Morgan fingerprint density at radius 3 is 2.92 bits per heavy atom. The molecule has 1 heterocycles. The number of nitrogens with one attached hydrogen (secondary N) is 1. The Morgan fingerprint density at radius 1 is 1.31 bits per heavy atom. The molecular formula is C28H32ClFN4O2. The van der Waals surface area contributed by atoms with Crippen molar-refractivity contribution in [1.82, 2.24) is 9.80 Å². The van der Waals surface area contributed by atoms with Crippen molar-refractivity contribution in [2.24, 2.45) is 5.92 Å². The van der Waals surface area contributed by atoms with Crippen LogP contribution in [0.15, 0.2) is 42.5 Å². The van der Waals surface area contributed by atoms with Crippen molar-refractivity contribution in [2.75, 3.05) is 31.6 Å². The van der Waals surface area contributed by atoms with Gasteiger partial charge in [0.25, 0.3) is 0 Å². The molecule has 0 spiro atoms. The number of carbonyl (C=O) groups is 1. The maximum Gasteiger partial charge on any atom is 0.322 e. The van der Waals surface area contributed by atoms with Gasteiger partial charge in [-0.05, 0) is 92.3 Å². The smallest absolute Gasteiger partial charge is 0.322 e. The lowest BCUT2D eigenvalue weighted by atomic mass is 9.80. The third-order valence-corrected chi connectivity index (χ3v) is 8.78. The molecular weight excluding hydrogens is 479 g/mol. The van der Waals surface area contributed by atoms with Crippen molar-refractivity contribution >= 4 is 23.3 Å². The Bertz CT molecular complexity index is 1170. The minimum atomic E-state index is -0.520. The summed E-state index contributed by atoms with van der Waals surface area (Å²) in [5.74, 6) is -0.0360. The van der Waals surface area contributed by atoms with E-state index in [-0.39, 0.29) is 35.2 Å². The molecule has 2 aromatic carbocycles. The zero-order valence-corrected chi connectivity index (χ0v) is 21.1. The summed E-state index contributed by atoms with van der Waals surface area (Å²) in [5, 5.41) is 21.9. The Kier molecular flexibility index (Phi) is 7.21. The van der Waals surface area contributed by atoms with Gasteiger partial charge >= 0.3 is 6.03 Å². The van der Waals surface area contributed by atoms with Crippen LogP contribution in [0.1, 0.15) is 49.7 Å². The number of hydrogen-bond donors (Lipinski definition) is 2. The van der Waals surface area contributed by atoms with Crippen molar-refractivity contribution in [1.29, 1.82) is 5.26 Å². The average molecular weight is 511 g/mol. The van der Waals surface area contributed by atoms with E-state index in [1.165, 1.54) is 23.8 Å². The van der Waals surface area contributed by atoms with Gasteiger partial charge in [0.1, 0.15) is 5.82 Å². The molecule has 1 saturated heterocycles. The summed E-state index contributed by atoms with van der Waals surface area (Å²) in [6, 6.07) is 14.5. The number of halogens is 2. The molecule has 2 N–H and O–H groups in total. The molecule has 190 valence electrons. The first kappa shape index (κ1) is 25.0. The molecule has 2 aliphatic carbocycles. The fourth-order valence-electron chi connectivity index (χ4n) is 6.40. The summed E-state index contributed by atoms with van der Waals surface area (Å²) in [7, 11) is 0. The fourth-order valence-corrected chi connectivity index (χ4v) is 6.58. The third kappa shape index (κ3) is 4.95. The number of carbonyl (C=O) groups excluding carboxylic acids is 1. The van der Waals surface area contributed by atoms with Gasteiger partial charge in [0, 0.05) is 30.9 Å². The van der Waals surface area contributed by atoms with Crippen LogP contribution in [0.3, 0.4) is 0 Å². The van der Waals surface area contributed by atoms with E-state index in [0.717, 1.165) is 45.1 Å². The lowest BCUT2D eigenvalue weighted by Crippen LogP contribution is -2.49. The number of nitriles is 1. The summed E-state index contributed by atoms with van der Waals surface area (Å²) >= 11 is 5.93. The molecule has 36 heavy (non-hydrogen) atoms. The van der Waals surface area contributed by atoms with Gasteiger partial charge in [0.2, 0.25) is 0 Å². The predicted molar refractivity (Wildman–Crippen MR) is 137 cm³/mol. The number of fused-ring (bicyclic) bond motifs is 1. The van der Waals surface area contributed by atoms with E-state index in [1.54, 1.807) is 0 Å². The van der Waals surface area contributed by atoms with Crippen molar-refractivity contribution < 1.29 is 14.3 Å². The predicted octanol–water partition coefficient (Wildman–Crippen LogP) is 5.15. The Balaban J connectivity index is 1.31. The molecule has 0 bridgehead atoms. The number of likely N-dealkylation sites (tertiary alicyclic amines) is 1. The molecule has 2 amide bonds. The molecule has 0 radical (unpaired) electrons. The highest BCUT2D eigenvalue weighted by molar-refractivity contribution is 6.31. The van der Waals surface area contributed by atoms with Gasteiger partial charge in [0.15, 0.2) is 0 Å². The van der Waals surface area contributed by atoms with Crippen LogP contribution in [0.5, 0.6) is 0 Å². The summed E-state index contributed by atoms with van der Waals surface area (Å²) in [6.45, 7) is 2.33. The first-order chi connectivity index (χ1) is 17.4. The van der Waals surface area contributed by atoms with Crippen LogP contribution < -0.4 is 5.32 Å². The van der Waals surface area contributed by atoms with Crippen LogP contribution >= 0.6 is 11.6 Å². The monoisotopic (exact) mass is 510 g/mol. The number of rotatable bonds is 7. The molecule has 0 aromatic heterocycles. The molecule has 2 saturated carbocycles. The zero-order chi connectivity index (χ0) is 25.3. The number of benzene rings is 2. The van der Waals surface area contributed by atoms with Crippen molar-refractivity contribution in [2.45, 2.75) is 56.0 Å². The van der Waals surface area contributed by atoms with Crippen LogP contribution in [0, 0.1) is 23.1 Å². The van der Waals surface area contributed by atoms with Gasteiger partial charge < -0.3 is 15.3 Å². The van der Waals surface area contributed by atoms with Gasteiger partial charge in [-0.25, -0.2) is 9.18 Å². The van der Waals surface area contributed by atoms with Crippen LogP contribution in [0.4, 0.5) is 14.9 Å².